The van der Waals surface area contributed by atoms with E-state index in [1.54, 1.807) is 6.92 Å². The highest BCUT2D eigenvalue weighted by Crippen LogP contribution is 2.25. The molecule has 0 aromatic heterocycles. The molecule has 0 spiro atoms. The van der Waals surface area contributed by atoms with Crippen LogP contribution >= 0.6 is 11.6 Å². The Labute approximate surface area is 66.1 Å². The SMILES string of the molecule is CC(=O)C1CC=C(Cl)CC1. The number of halogens is 1. The molecule has 0 aromatic rings. The Balaban J connectivity index is 2.50. The first kappa shape index (κ1) is 7.80. The maximum absolute atomic E-state index is 10.8. The van der Waals surface area contributed by atoms with Crippen molar-refractivity contribution in [2.45, 2.75) is 26.2 Å². The third-order valence-corrected chi connectivity index (χ3v) is 2.27. The minimum Gasteiger partial charge on any atom is -0.300 e. The molecule has 1 aliphatic rings. The quantitative estimate of drug-likeness (QED) is 0.573. The van der Waals surface area contributed by atoms with Crippen LogP contribution in [0.25, 0.3) is 0 Å². The first-order chi connectivity index (χ1) is 4.70. The van der Waals surface area contributed by atoms with Crippen molar-refractivity contribution in [3.05, 3.63) is 11.1 Å². The second-order valence-electron chi connectivity index (χ2n) is 2.73. The fraction of sp³-hybridized carbons (Fsp3) is 0.625. The van der Waals surface area contributed by atoms with Crippen molar-refractivity contribution >= 4 is 17.4 Å². The Hall–Kier alpha value is -0.300. The monoisotopic (exact) mass is 158 g/mol. The molecule has 0 heterocycles. The van der Waals surface area contributed by atoms with Crippen molar-refractivity contribution in [2.24, 2.45) is 5.92 Å². The normalized spacial score (nSPS) is 25.8. The van der Waals surface area contributed by atoms with Gasteiger partial charge in [0.2, 0.25) is 0 Å². The van der Waals surface area contributed by atoms with Crippen molar-refractivity contribution < 1.29 is 4.79 Å². The maximum Gasteiger partial charge on any atom is 0.133 e. The van der Waals surface area contributed by atoms with Gasteiger partial charge in [0.1, 0.15) is 5.78 Å². The van der Waals surface area contributed by atoms with E-state index in [2.05, 4.69) is 0 Å². The van der Waals surface area contributed by atoms with Crippen LogP contribution in [-0.2, 0) is 4.79 Å². The third-order valence-electron chi connectivity index (χ3n) is 1.93. The van der Waals surface area contributed by atoms with Crippen LogP contribution in [0.2, 0.25) is 0 Å². The molecule has 0 saturated carbocycles. The summed E-state index contributed by atoms with van der Waals surface area (Å²) in [5.41, 5.74) is 0. The Morgan fingerprint density at radius 3 is 2.90 bits per heavy atom. The molecule has 2 heteroatoms. The number of hydrogen-bond acceptors (Lipinski definition) is 1. The van der Waals surface area contributed by atoms with E-state index in [4.69, 9.17) is 11.6 Å². The van der Waals surface area contributed by atoms with Gasteiger partial charge >= 0.3 is 0 Å². The highest BCUT2D eigenvalue weighted by molar-refractivity contribution is 6.29. The van der Waals surface area contributed by atoms with Gasteiger partial charge in [-0.05, 0) is 26.2 Å². The molecular weight excluding hydrogens is 148 g/mol. The summed E-state index contributed by atoms with van der Waals surface area (Å²) in [5, 5.41) is 0.914. The lowest BCUT2D eigenvalue weighted by atomic mass is 9.91. The smallest absolute Gasteiger partial charge is 0.133 e. The van der Waals surface area contributed by atoms with Crippen LogP contribution < -0.4 is 0 Å². The van der Waals surface area contributed by atoms with Gasteiger partial charge in [0.05, 0.1) is 0 Å². The fourth-order valence-corrected chi connectivity index (χ4v) is 1.37. The Bertz CT molecular complexity index is 172. The molecular formula is C8H11ClO. The second kappa shape index (κ2) is 3.20. The zero-order chi connectivity index (χ0) is 7.56. The lowest BCUT2D eigenvalue weighted by molar-refractivity contribution is -0.120. The van der Waals surface area contributed by atoms with E-state index in [0.29, 0.717) is 5.78 Å². The van der Waals surface area contributed by atoms with Crippen LogP contribution in [0, 0.1) is 5.92 Å². The van der Waals surface area contributed by atoms with E-state index in [-0.39, 0.29) is 5.92 Å². The first-order valence-electron chi connectivity index (χ1n) is 3.55. The standard InChI is InChI=1S/C8H11ClO/c1-6(10)7-2-4-8(9)5-3-7/h4,7H,2-3,5H2,1H3. The molecule has 10 heavy (non-hydrogen) atoms. The number of carbonyl (C=O) groups is 1. The summed E-state index contributed by atoms with van der Waals surface area (Å²) in [7, 11) is 0. The van der Waals surface area contributed by atoms with Crippen LogP contribution in [0.3, 0.4) is 0 Å². The molecule has 1 nitrogen and oxygen atoms in total. The summed E-state index contributed by atoms with van der Waals surface area (Å²) in [6.07, 6.45) is 4.61. The molecule has 0 fully saturated rings. The Kier molecular flexibility index (Phi) is 2.50. The average molecular weight is 159 g/mol. The summed E-state index contributed by atoms with van der Waals surface area (Å²) in [5.74, 6) is 0.530. The van der Waals surface area contributed by atoms with Crippen LogP contribution in [0.1, 0.15) is 26.2 Å². The average Bonchev–Trinajstić information content (AvgIpc) is 1.88. The van der Waals surface area contributed by atoms with Gasteiger partial charge in [-0.3, -0.25) is 4.79 Å². The third kappa shape index (κ3) is 1.84. The van der Waals surface area contributed by atoms with E-state index in [1.165, 1.54) is 0 Å². The molecule has 0 N–H and O–H groups in total. The Morgan fingerprint density at radius 1 is 1.80 bits per heavy atom. The predicted molar refractivity (Wildman–Crippen MR) is 42.0 cm³/mol. The molecule has 1 atom stereocenters. The van der Waals surface area contributed by atoms with E-state index < -0.39 is 0 Å². The highest BCUT2D eigenvalue weighted by Gasteiger charge is 2.16. The van der Waals surface area contributed by atoms with Gasteiger partial charge in [-0.15, -0.1) is 0 Å². The van der Waals surface area contributed by atoms with Crippen molar-refractivity contribution in [3.63, 3.8) is 0 Å². The topological polar surface area (TPSA) is 17.1 Å². The van der Waals surface area contributed by atoms with E-state index in [9.17, 15) is 4.79 Å². The van der Waals surface area contributed by atoms with Gasteiger partial charge < -0.3 is 0 Å². The molecule has 1 unspecified atom stereocenters. The highest BCUT2D eigenvalue weighted by atomic mass is 35.5. The minimum absolute atomic E-state index is 0.238. The van der Waals surface area contributed by atoms with Gasteiger partial charge in [0, 0.05) is 11.0 Å². The van der Waals surface area contributed by atoms with Crippen LogP contribution in [0.5, 0.6) is 0 Å². The van der Waals surface area contributed by atoms with Crippen LogP contribution in [0.15, 0.2) is 11.1 Å². The van der Waals surface area contributed by atoms with Crippen molar-refractivity contribution in [3.8, 4) is 0 Å². The van der Waals surface area contributed by atoms with E-state index in [1.807, 2.05) is 6.08 Å². The van der Waals surface area contributed by atoms with Gasteiger partial charge in [-0.1, -0.05) is 17.7 Å². The van der Waals surface area contributed by atoms with Crippen LogP contribution in [0.4, 0.5) is 0 Å². The number of allylic oxidation sites excluding steroid dienone is 2. The van der Waals surface area contributed by atoms with Gasteiger partial charge in [0.25, 0.3) is 0 Å². The molecule has 56 valence electrons. The number of rotatable bonds is 1. The molecule has 1 aliphatic carbocycles. The first-order valence-corrected chi connectivity index (χ1v) is 3.93. The largest absolute Gasteiger partial charge is 0.300 e. The summed E-state index contributed by atoms with van der Waals surface area (Å²) in [6.45, 7) is 1.65. The summed E-state index contributed by atoms with van der Waals surface area (Å²) in [4.78, 5) is 10.8. The molecule has 0 aliphatic heterocycles. The molecule has 0 radical (unpaired) electrons. The van der Waals surface area contributed by atoms with E-state index in [0.717, 1.165) is 24.3 Å². The zero-order valence-corrected chi connectivity index (χ0v) is 6.82. The fourth-order valence-electron chi connectivity index (χ4n) is 1.17. The predicted octanol–water partition coefficient (Wildman–Crippen LogP) is 2.50. The van der Waals surface area contributed by atoms with Crippen LogP contribution in [-0.4, -0.2) is 5.78 Å². The summed E-state index contributed by atoms with van der Waals surface area (Å²) in [6, 6.07) is 0. The lowest BCUT2D eigenvalue weighted by Crippen LogP contribution is -2.12. The van der Waals surface area contributed by atoms with E-state index >= 15 is 0 Å². The zero-order valence-electron chi connectivity index (χ0n) is 6.06. The second-order valence-corrected chi connectivity index (χ2v) is 3.22. The maximum atomic E-state index is 10.8. The van der Waals surface area contributed by atoms with Gasteiger partial charge in [0.15, 0.2) is 0 Å². The molecule has 0 amide bonds. The molecule has 1 rings (SSSR count). The van der Waals surface area contributed by atoms with Crippen molar-refractivity contribution in [2.75, 3.05) is 0 Å². The summed E-state index contributed by atoms with van der Waals surface area (Å²) < 4.78 is 0. The van der Waals surface area contributed by atoms with Gasteiger partial charge in [-0.2, -0.15) is 0 Å². The minimum atomic E-state index is 0.238. The lowest BCUT2D eigenvalue weighted by Gasteiger charge is -2.15. The number of Topliss-reactive ketones (excluding diaryl/α,β-unsaturated/α-hetero) is 1. The van der Waals surface area contributed by atoms with Gasteiger partial charge in [-0.25, -0.2) is 0 Å². The number of carbonyl (C=O) groups excluding carboxylic acids is 1. The molecule has 0 bridgehead atoms. The molecule has 0 saturated heterocycles. The summed E-state index contributed by atoms with van der Waals surface area (Å²) >= 11 is 5.74. The Morgan fingerprint density at radius 2 is 2.50 bits per heavy atom. The number of hydrogen-bond donors (Lipinski definition) is 0. The number of ketones is 1. The molecule has 0 aromatic carbocycles. The van der Waals surface area contributed by atoms with Crippen molar-refractivity contribution in [1.29, 1.82) is 0 Å². The van der Waals surface area contributed by atoms with Crippen molar-refractivity contribution in [1.82, 2.24) is 0 Å².